The number of hydrazone groups is 1. The Morgan fingerprint density at radius 2 is 1.93 bits per heavy atom. The standard InChI is InChI=1S/C11H14FN3/c1-11(2)7-15(14-10(11)13)9-5-3-8(12)4-6-9/h3-6H,7H2,1-2H3,(H2,13,14). The Labute approximate surface area is 88.4 Å². The first-order valence-electron chi connectivity index (χ1n) is 4.87. The molecule has 1 aliphatic heterocycles. The van der Waals surface area contributed by atoms with Crippen LogP contribution in [0.15, 0.2) is 29.4 Å². The van der Waals surface area contributed by atoms with Crippen molar-refractivity contribution in [1.82, 2.24) is 0 Å². The Kier molecular flexibility index (Phi) is 2.14. The maximum Gasteiger partial charge on any atom is 0.127 e. The molecule has 0 unspecified atom stereocenters. The average Bonchev–Trinajstić information content (AvgIpc) is 2.42. The van der Waals surface area contributed by atoms with Crippen molar-refractivity contribution in [3.8, 4) is 0 Å². The molecule has 2 rings (SSSR count). The fourth-order valence-electron chi connectivity index (χ4n) is 1.52. The molecular weight excluding hydrogens is 193 g/mol. The fraction of sp³-hybridized carbons (Fsp3) is 0.364. The molecule has 0 aromatic heterocycles. The Balaban J connectivity index is 2.25. The van der Waals surface area contributed by atoms with Gasteiger partial charge in [0.05, 0.1) is 12.2 Å². The maximum absolute atomic E-state index is 12.7. The summed E-state index contributed by atoms with van der Waals surface area (Å²) in [5.74, 6) is 0.376. The van der Waals surface area contributed by atoms with Crippen molar-refractivity contribution in [2.45, 2.75) is 13.8 Å². The molecule has 1 aromatic rings. The Hall–Kier alpha value is -1.58. The van der Waals surface area contributed by atoms with Gasteiger partial charge >= 0.3 is 0 Å². The summed E-state index contributed by atoms with van der Waals surface area (Å²) < 4.78 is 12.7. The number of halogens is 1. The minimum Gasteiger partial charge on any atom is -0.385 e. The topological polar surface area (TPSA) is 41.6 Å². The number of nitrogens with two attached hydrogens (primary N) is 1. The maximum atomic E-state index is 12.7. The van der Waals surface area contributed by atoms with Gasteiger partial charge < -0.3 is 5.73 Å². The summed E-state index contributed by atoms with van der Waals surface area (Å²) in [6.07, 6.45) is 0. The summed E-state index contributed by atoms with van der Waals surface area (Å²) >= 11 is 0. The van der Waals surface area contributed by atoms with Crippen molar-refractivity contribution in [1.29, 1.82) is 0 Å². The number of hydrogen-bond acceptors (Lipinski definition) is 3. The molecule has 0 saturated carbocycles. The highest BCUT2D eigenvalue weighted by molar-refractivity contribution is 5.89. The first-order valence-corrected chi connectivity index (χ1v) is 4.87. The molecule has 0 fully saturated rings. The lowest BCUT2D eigenvalue weighted by Crippen LogP contribution is -2.32. The van der Waals surface area contributed by atoms with E-state index in [0.29, 0.717) is 5.84 Å². The first-order chi connectivity index (χ1) is 6.99. The highest BCUT2D eigenvalue weighted by Gasteiger charge is 2.32. The van der Waals surface area contributed by atoms with Crippen LogP contribution in [-0.2, 0) is 0 Å². The number of rotatable bonds is 1. The summed E-state index contributed by atoms with van der Waals surface area (Å²) in [6, 6.07) is 6.25. The molecule has 0 atom stereocenters. The molecular formula is C11H14FN3. The van der Waals surface area contributed by atoms with Gasteiger partial charge in [-0.05, 0) is 24.3 Å². The molecule has 1 aromatic carbocycles. The molecule has 2 N–H and O–H groups in total. The zero-order valence-electron chi connectivity index (χ0n) is 8.87. The SMILES string of the molecule is CC1(C)CN(c2ccc(F)cc2)N=C1N. The van der Waals surface area contributed by atoms with E-state index in [4.69, 9.17) is 5.73 Å². The van der Waals surface area contributed by atoms with Crippen molar-refractivity contribution in [2.24, 2.45) is 16.3 Å². The van der Waals surface area contributed by atoms with Gasteiger partial charge in [0.15, 0.2) is 0 Å². The van der Waals surface area contributed by atoms with Crippen LogP contribution in [0.5, 0.6) is 0 Å². The normalized spacial score (nSPS) is 19.1. The van der Waals surface area contributed by atoms with E-state index < -0.39 is 0 Å². The second-order valence-corrected chi connectivity index (χ2v) is 4.40. The summed E-state index contributed by atoms with van der Waals surface area (Å²) in [5, 5.41) is 6.05. The number of amidine groups is 1. The summed E-state index contributed by atoms with van der Waals surface area (Å²) in [4.78, 5) is 0. The monoisotopic (exact) mass is 207 g/mol. The van der Waals surface area contributed by atoms with Gasteiger partial charge in [0.25, 0.3) is 0 Å². The van der Waals surface area contributed by atoms with Gasteiger partial charge in [-0.3, -0.25) is 5.01 Å². The summed E-state index contributed by atoms with van der Waals surface area (Å²) in [5.41, 5.74) is 6.55. The molecule has 0 saturated heterocycles. The van der Waals surface area contributed by atoms with E-state index in [9.17, 15) is 4.39 Å². The Morgan fingerprint density at radius 1 is 1.33 bits per heavy atom. The van der Waals surface area contributed by atoms with Crippen LogP contribution in [-0.4, -0.2) is 12.4 Å². The van der Waals surface area contributed by atoms with Gasteiger partial charge in [0.2, 0.25) is 0 Å². The molecule has 3 nitrogen and oxygen atoms in total. The molecule has 80 valence electrons. The third kappa shape index (κ3) is 1.79. The minimum absolute atomic E-state index is 0.117. The van der Waals surface area contributed by atoms with Crippen molar-refractivity contribution >= 4 is 11.5 Å². The molecule has 0 spiro atoms. The van der Waals surface area contributed by atoms with Gasteiger partial charge in [0.1, 0.15) is 11.7 Å². The van der Waals surface area contributed by atoms with E-state index >= 15 is 0 Å². The third-order valence-electron chi connectivity index (χ3n) is 2.59. The number of hydrogen-bond donors (Lipinski definition) is 1. The van der Waals surface area contributed by atoms with Crippen LogP contribution in [0.4, 0.5) is 10.1 Å². The van der Waals surface area contributed by atoms with Gasteiger partial charge in [0, 0.05) is 5.41 Å². The molecule has 15 heavy (non-hydrogen) atoms. The second kappa shape index (κ2) is 3.22. The van der Waals surface area contributed by atoms with Crippen LogP contribution in [0.1, 0.15) is 13.8 Å². The lowest BCUT2D eigenvalue weighted by molar-refractivity contribution is 0.548. The predicted molar refractivity (Wildman–Crippen MR) is 59.1 cm³/mol. The van der Waals surface area contributed by atoms with Crippen molar-refractivity contribution in [3.63, 3.8) is 0 Å². The van der Waals surface area contributed by atoms with Gasteiger partial charge in [-0.2, -0.15) is 5.10 Å². The second-order valence-electron chi connectivity index (χ2n) is 4.40. The number of benzene rings is 1. The van der Waals surface area contributed by atoms with Crippen LogP contribution in [0, 0.1) is 11.2 Å². The van der Waals surface area contributed by atoms with Crippen LogP contribution < -0.4 is 10.7 Å². The zero-order chi connectivity index (χ0) is 11.1. The lowest BCUT2D eigenvalue weighted by atomic mass is 9.93. The van der Waals surface area contributed by atoms with E-state index in [1.807, 2.05) is 13.8 Å². The van der Waals surface area contributed by atoms with E-state index in [-0.39, 0.29) is 11.2 Å². The minimum atomic E-state index is -0.242. The van der Waals surface area contributed by atoms with Crippen molar-refractivity contribution in [2.75, 3.05) is 11.6 Å². The first kappa shape index (κ1) is 9.96. The van der Waals surface area contributed by atoms with Crippen molar-refractivity contribution < 1.29 is 4.39 Å². The fourth-order valence-corrected chi connectivity index (χ4v) is 1.52. The largest absolute Gasteiger partial charge is 0.385 e. The van der Waals surface area contributed by atoms with E-state index in [2.05, 4.69) is 5.10 Å². The molecule has 0 aliphatic carbocycles. The Bertz CT molecular complexity index is 395. The number of nitrogens with zero attached hydrogens (tertiary/aromatic N) is 2. The van der Waals surface area contributed by atoms with Crippen molar-refractivity contribution in [3.05, 3.63) is 30.1 Å². The predicted octanol–water partition coefficient (Wildman–Crippen LogP) is 1.94. The van der Waals surface area contributed by atoms with Crippen LogP contribution >= 0.6 is 0 Å². The van der Waals surface area contributed by atoms with Gasteiger partial charge in [-0.1, -0.05) is 13.8 Å². The summed E-state index contributed by atoms with van der Waals surface area (Å²) in [6.45, 7) is 4.80. The third-order valence-corrected chi connectivity index (χ3v) is 2.59. The number of anilines is 1. The van der Waals surface area contributed by atoms with Gasteiger partial charge in [-0.15, -0.1) is 0 Å². The van der Waals surface area contributed by atoms with E-state index in [1.165, 1.54) is 12.1 Å². The lowest BCUT2D eigenvalue weighted by Gasteiger charge is -2.19. The zero-order valence-corrected chi connectivity index (χ0v) is 8.87. The highest BCUT2D eigenvalue weighted by atomic mass is 19.1. The summed E-state index contributed by atoms with van der Waals surface area (Å²) in [7, 11) is 0. The molecule has 0 bridgehead atoms. The molecule has 1 heterocycles. The molecule has 4 heteroatoms. The van der Waals surface area contributed by atoms with E-state index in [1.54, 1.807) is 17.1 Å². The van der Waals surface area contributed by atoms with Crippen LogP contribution in [0.2, 0.25) is 0 Å². The quantitative estimate of drug-likeness (QED) is 0.764. The van der Waals surface area contributed by atoms with Crippen LogP contribution in [0.25, 0.3) is 0 Å². The smallest absolute Gasteiger partial charge is 0.127 e. The van der Waals surface area contributed by atoms with E-state index in [0.717, 1.165) is 12.2 Å². The molecule has 0 amide bonds. The Morgan fingerprint density at radius 3 is 2.40 bits per heavy atom. The van der Waals surface area contributed by atoms with Crippen LogP contribution in [0.3, 0.4) is 0 Å². The molecule has 0 radical (unpaired) electrons. The average molecular weight is 207 g/mol. The van der Waals surface area contributed by atoms with Gasteiger partial charge in [-0.25, -0.2) is 4.39 Å². The highest BCUT2D eigenvalue weighted by Crippen LogP contribution is 2.28. The molecule has 1 aliphatic rings.